The fraction of sp³-hybridized carbons (Fsp3) is 0.500. The molecule has 128 valence electrons. The van der Waals surface area contributed by atoms with E-state index in [1.807, 2.05) is 6.92 Å². The molecule has 0 aliphatic rings. The third-order valence-corrected chi connectivity index (χ3v) is 2.84. The van der Waals surface area contributed by atoms with Gasteiger partial charge in [-0.15, -0.1) is 0 Å². The SMILES string of the molecule is CCCC(CNC(=O)c1cccc(OCC(F)(F)F)n1)C(=O)O. The Morgan fingerprint density at radius 2 is 2.09 bits per heavy atom. The summed E-state index contributed by atoms with van der Waals surface area (Å²) in [7, 11) is 0. The molecule has 0 aromatic carbocycles. The first kappa shape index (κ1) is 18.7. The van der Waals surface area contributed by atoms with Crippen molar-refractivity contribution in [1.29, 1.82) is 0 Å². The first-order valence-corrected chi connectivity index (χ1v) is 6.90. The second-order valence-corrected chi connectivity index (χ2v) is 4.80. The molecule has 0 radical (unpaired) electrons. The van der Waals surface area contributed by atoms with Crippen LogP contribution in [0.1, 0.15) is 30.3 Å². The van der Waals surface area contributed by atoms with E-state index >= 15 is 0 Å². The van der Waals surface area contributed by atoms with E-state index in [2.05, 4.69) is 15.0 Å². The Balaban J connectivity index is 2.64. The molecule has 1 heterocycles. The van der Waals surface area contributed by atoms with Crippen LogP contribution in [0.15, 0.2) is 18.2 Å². The lowest BCUT2D eigenvalue weighted by Crippen LogP contribution is -2.33. The van der Waals surface area contributed by atoms with Crippen molar-refractivity contribution in [1.82, 2.24) is 10.3 Å². The van der Waals surface area contributed by atoms with Crippen LogP contribution in [0.4, 0.5) is 13.2 Å². The molecule has 2 N–H and O–H groups in total. The van der Waals surface area contributed by atoms with Gasteiger partial charge >= 0.3 is 12.1 Å². The number of hydrogen-bond donors (Lipinski definition) is 2. The quantitative estimate of drug-likeness (QED) is 0.761. The summed E-state index contributed by atoms with van der Waals surface area (Å²) in [4.78, 5) is 26.5. The maximum absolute atomic E-state index is 12.1. The third-order valence-electron chi connectivity index (χ3n) is 2.84. The van der Waals surface area contributed by atoms with Crippen LogP contribution in [-0.2, 0) is 4.79 Å². The van der Waals surface area contributed by atoms with Gasteiger partial charge in [0.25, 0.3) is 5.91 Å². The molecule has 0 fully saturated rings. The van der Waals surface area contributed by atoms with Gasteiger partial charge in [0.05, 0.1) is 5.92 Å². The van der Waals surface area contributed by atoms with Crippen LogP contribution in [0.5, 0.6) is 5.88 Å². The van der Waals surface area contributed by atoms with Crippen molar-refractivity contribution in [3.8, 4) is 5.88 Å². The number of nitrogens with one attached hydrogen (secondary N) is 1. The van der Waals surface area contributed by atoms with Crippen molar-refractivity contribution < 1.29 is 32.6 Å². The summed E-state index contributed by atoms with van der Waals surface area (Å²) < 4.78 is 40.7. The number of carbonyl (C=O) groups is 2. The number of halogens is 3. The largest absolute Gasteiger partial charge is 0.481 e. The van der Waals surface area contributed by atoms with Crippen molar-refractivity contribution in [2.24, 2.45) is 5.92 Å². The fourth-order valence-electron chi connectivity index (χ4n) is 1.75. The molecular weight excluding hydrogens is 317 g/mol. The number of rotatable bonds is 8. The Morgan fingerprint density at radius 1 is 1.39 bits per heavy atom. The average Bonchev–Trinajstić information content (AvgIpc) is 2.48. The van der Waals surface area contributed by atoms with E-state index in [9.17, 15) is 22.8 Å². The van der Waals surface area contributed by atoms with E-state index in [0.717, 1.165) is 0 Å². The summed E-state index contributed by atoms with van der Waals surface area (Å²) in [5.41, 5.74) is -0.148. The van der Waals surface area contributed by atoms with Crippen molar-refractivity contribution in [2.45, 2.75) is 25.9 Å². The molecule has 0 aliphatic heterocycles. The topological polar surface area (TPSA) is 88.5 Å². The molecule has 6 nitrogen and oxygen atoms in total. The molecular formula is C14H17F3N2O4. The highest BCUT2D eigenvalue weighted by atomic mass is 19.4. The highest BCUT2D eigenvalue weighted by molar-refractivity contribution is 5.92. The number of aromatic nitrogens is 1. The van der Waals surface area contributed by atoms with Crippen LogP contribution in [0.2, 0.25) is 0 Å². The molecule has 0 saturated carbocycles. The minimum Gasteiger partial charge on any atom is -0.481 e. The Hall–Kier alpha value is -2.32. The maximum Gasteiger partial charge on any atom is 0.422 e. The predicted octanol–water partition coefficient (Wildman–Crippen LogP) is 2.25. The van der Waals surface area contributed by atoms with E-state index in [1.165, 1.54) is 18.2 Å². The zero-order valence-electron chi connectivity index (χ0n) is 12.4. The van der Waals surface area contributed by atoms with Crippen LogP contribution in [0, 0.1) is 5.92 Å². The number of carboxylic acids is 1. The standard InChI is InChI=1S/C14H17F3N2O4/c1-2-4-9(13(21)22)7-18-12(20)10-5-3-6-11(19-10)23-8-14(15,16)17/h3,5-6,9H,2,4,7-8H2,1H3,(H,18,20)(H,21,22). The summed E-state index contributed by atoms with van der Waals surface area (Å²) in [6.45, 7) is 0.223. The smallest absolute Gasteiger partial charge is 0.422 e. The highest BCUT2D eigenvalue weighted by Gasteiger charge is 2.28. The van der Waals surface area contributed by atoms with Gasteiger partial charge in [-0.2, -0.15) is 13.2 Å². The molecule has 0 saturated heterocycles. The number of amides is 1. The zero-order chi connectivity index (χ0) is 17.5. The second-order valence-electron chi connectivity index (χ2n) is 4.80. The molecule has 1 rings (SSSR count). The lowest BCUT2D eigenvalue weighted by Gasteiger charge is -2.12. The van der Waals surface area contributed by atoms with E-state index in [4.69, 9.17) is 5.11 Å². The van der Waals surface area contributed by atoms with Crippen molar-refractivity contribution in [3.05, 3.63) is 23.9 Å². The Bertz CT molecular complexity index is 549. The molecule has 23 heavy (non-hydrogen) atoms. The fourth-order valence-corrected chi connectivity index (χ4v) is 1.75. The third kappa shape index (κ3) is 6.98. The Morgan fingerprint density at radius 3 is 2.65 bits per heavy atom. The minimum atomic E-state index is -4.51. The predicted molar refractivity (Wildman–Crippen MR) is 74.2 cm³/mol. The number of pyridine rings is 1. The molecule has 9 heteroatoms. The Kier molecular flexibility index (Phi) is 6.80. The van der Waals surface area contributed by atoms with Crippen LogP contribution >= 0.6 is 0 Å². The van der Waals surface area contributed by atoms with Gasteiger partial charge in [-0.1, -0.05) is 19.4 Å². The van der Waals surface area contributed by atoms with Gasteiger partial charge < -0.3 is 15.2 Å². The molecule has 1 atom stereocenters. The van der Waals surface area contributed by atoms with E-state index in [1.54, 1.807) is 0 Å². The number of ether oxygens (including phenoxy) is 1. The summed E-state index contributed by atoms with van der Waals surface area (Å²) >= 11 is 0. The van der Waals surface area contributed by atoms with Gasteiger partial charge in [0.2, 0.25) is 5.88 Å². The van der Waals surface area contributed by atoms with E-state index in [-0.39, 0.29) is 18.1 Å². The van der Waals surface area contributed by atoms with Gasteiger partial charge in [0, 0.05) is 12.6 Å². The molecule has 1 aromatic heterocycles. The van der Waals surface area contributed by atoms with Gasteiger partial charge in [-0.3, -0.25) is 9.59 Å². The first-order chi connectivity index (χ1) is 10.7. The number of hydrogen-bond acceptors (Lipinski definition) is 4. The van der Waals surface area contributed by atoms with Crippen molar-refractivity contribution in [3.63, 3.8) is 0 Å². The molecule has 1 unspecified atom stereocenters. The normalized spacial score (nSPS) is 12.5. The molecule has 1 aromatic rings. The van der Waals surface area contributed by atoms with Gasteiger partial charge in [0.1, 0.15) is 5.69 Å². The summed E-state index contributed by atoms with van der Waals surface area (Å²) in [6.07, 6.45) is -3.46. The van der Waals surface area contributed by atoms with Crippen LogP contribution in [0.25, 0.3) is 0 Å². The molecule has 0 aliphatic carbocycles. The summed E-state index contributed by atoms with van der Waals surface area (Å²) in [5.74, 6) is -2.76. The number of carbonyl (C=O) groups excluding carboxylic acids is 1. The number of nitrogens with zero attached hydrogens (tertiary/aromatic N) is 1. The van der Waals surface area contributed by atoms with E-state index < -0.39 is 30.6 Å². The number of carboxylic acid groups (broad SMARTS) is 1. The number of aliphatic carboxylic acids is 1. The molecule has 0 bridgehead atoms. The van der Waals surface area contributed by atoms with Gasteiger partial charge in [-0.05, 0) is 12.5 Å². The lowest BCUT2D eigenvalue weighted by atomic mass is 10.0. The van der Waals surface area contributed by atoms with Crippen LogP contribution in [0.3, 0.4) is 0 Å². The van der Waals surface area contributed by atoms with Crippen molar-refractivity contribution >= 4 is 11.9 Å². The second kappa shape index (κ2) is 8.35. The van der Waals surface area contributed by atoms with Crippen LogP contribution in [-0.4, -0.2) is 41.3 Å². The van der Waals surface area contributed by atoms with Crippen LogP contribution < -0.4 is 10.1 Å². The minimum absolute atomic E-state index is 0.0860. The maximum atomic E-state index is 12.1. The lowest BCUT2D eigenvalue weighted by molar-refractivity contribution is -0.154. The first-order valence-electron chi connectivity index (χ1n) is 6.90. The average molecular weight is 334 g/mol. The molecule has 0 spiro atoms. The van der Waals surface area contributed by atoms with Gasteiger partial charge in [-0.25, -0.2) is 4.98 Å². The van der Waals surface area contributed by atoms with Crippen molar-refractivity contribution in [2.75, 3.05) is 13.2 Å². The summed E-state index contributed by atoms with van der Waals surface area (Å²) in [5, 5.41) is 11.4. The highest BCUT2D eigenvalue weighted by Crippen LogP contribution is 2.17. The van der Waals surface area contributed by atoms with E-state index in [0.29, 0.717) is 12.8 Å². The van der Waals surface area contributed by atoms with Gasteiger partial charge in [0.15, 0.2) is 6.61 Å². The molecule has 1 amide bonds. The zero-order valence-corrected chi connectivity index (χ0v) is 12.4. The monoisotopic (exact) mass is 334 g/mol. The summed E-state index contributed by atoms with van der Waals surface area (Å²) in [6, 6.07) is 3.82. The number of alkyl halides is 3. The Labute approximate surface area is 130 Å².